The summed E-state index contributed by atoms with van der Waals surface area (Å²) in [6.45, 7) is 10.9. The molecule has 0 amide bonds. The van der Waals surface area contributed by atoms with Crippen LogP contribution in [-0.2, 0) is 5.41 Å². The molecule has 1 heterocycles. The van der Waals surface area contributed by atoms with Crippen molar-refractivity contribution < 1.29 is 4.42 Å². The van der Waals surface area contributed by atoms with Gasteiger partial charge in [0.1, 0.15) is 6.26 Å². The van der Waals surface area contributed by atoms with Crippen molar-refractivity contribution in [1.29, 1.82) is 0 Å². The fraction of sp³-hybridized carbons (Fsp3) is 0.222. The van der Waals surface area contributed by atoms with Gasteiger partial charge in [-0.25, -0.2) is 4.98 Å². The molecule has 0 saturated carbocycles. The Bertz CT molecular complexity index is 1120. The SMILES string of the molecule is Cc1ccccc1P(c1ccccc1C)c1ccccc1-c1nc(C(C)(C)C)co1. The first-order chi connectivity index (χ1) is 14.4. The van der Waals surface area contributed by atoms with Gasteiger partial charge in [0, 0.05) is 11.0 Å². The molecule has 1 aromatic heterocycles. The largest absolute Gasteiger partial charge is 0.444 e. The molecule has 4 rings (SSSR count). The zero-order chi connectivity index (χ0) is 21.3. The average Bonchev–Trinajstić information content (AvgIpc) is 3.22. The summed E-state index contributed by atoms with van der Waals surface area (Å²) < 4.78 is 6.00. The van der Waals surface area contributed by atoms with Gasteiger partial charge in [0.2, 0.25) is 5.89 Å². The summed E-state index contributed by atoms with van der Waals surface area (Å²) in [6.07, 6.45) is 1.80. The fourth-order valence-electron chi connectivity index (χ4n) is 3.61. The van der Waals surface area contributed by atoms with E-state index in [1.54, 1.807) is 6.26 Å². The van der Waals surface area contributed by atoms with Gasteiger partial charge in [-0.05, 0) is 54.9 Å². The molecule has 0 fully saturated rings. The van der Waals surface area contributed by atoms with Crippen molar-refractivity contribution in [2.45, 2.75) is 40.0 Å². The molecule has 4 aromatic rings. The quantitative estimate of drug-likeness (QED) is 0.383. The molecule has 0 aliphatic heterocycles. The van der Waals surface area contributed by atoms with Crippen LogP contribution < -0.4 is 15.9 Å². The summed E-state index contributed by atoms with van der Waals surface area (Å²) >= 11 is 0. The second-order valence-corrected chi connectivity index (χ2v) is 10.8. The Morgan fingerprint density at radius 1 is 0.700 bits per heavy atom. The van der Waals surface area contributed by atoms with Gasteiger partial charge < -0.3 is 4.42 Å². The molecule has 2 nitrogen and oxygen atoms in total. The summed E-state index contributed by atoms with van der Waals surface area (Å²) in [4.78, 5) is 4.87. The fourth-order valence-corrected chi connectivity index (χ4v) is 6.36. The third-order valence-electron chi connectivity index (χ3n) is 5.36. The second-order valence-electron chi connectivity index (χ2n) is 8.71. The Balaban J connectivity index is 1.95. The number of hydrogen-bond acceptors (Lipinski definition) is 2. The highest BCUT2D eigenvalue weighted by molar-refractivity contribution is 7.80. The number of nitrogens with zero attached hydrogens (tertiary/aromatic N) is 1. The molecule has 0 aliphatic carbocycles. The lowest BCUT2D eigenvalue weighted by Gasteiger charge is -2.24. The van der Waals surface area contributed by atoms with E-state index in [-0.39, 0.29) is 5.41 Å². The molecule has 0 aliphatic rings. The highest BCUT2D eigenvalue weighted by Crippen LogP contribution is 2.39. The third kappa shape index (κ3) is 3.98. The molecular weight excluding hydrogens is 385 g/mol. The molecule has 0 N–H and O–H groups in total. The van der Waals surface area contributed by atoms with Crippen LogP contribution in [0.25, 0.3) is 11.5 Å². The van der Waals surface area contributed by atoms with Crippen LogP contribution in [0.2, 0.25) is 0 Å². The van der Waals surface area contributed by atoms with Crippen molar-refractivity contribution in [1.82, 2.24) is 4.98 Å². The van der Waals surface area contributed by atoms with Crippen molar-refractivity contribution in [3.05, 3.63) is 95.9 Å². The average molecular weight is 414 g/mol. The van der Waals surface area contributed by atoms with Crippen molar-refractivity contribution in [2.24, 2.45) is 0 Å². The van der Waals surface area contributed by atoms with E-state index in [1.807, 2.05) is 0 Å². The number of aryl methyl sites for hydroxylation is 2. The molecule has 0 atom stereocenters. The maximum atomic E-state index is 6.00. The minimum Gasteiger partial charge on any atom is -0.444 e. The molecule has 0 spiro atoms. The smallest absolute Gasteiger partial charge is 0.226 e. The highest BCUT2D eigenvalue weighted by Gasteiger charge is 2.25. The molecule has 0 bridgehead atoms. The highest BCUT2D eigenvalue weighted by atomic mass is 31.1. The van der Waals surface area contributed by atoms with Crippen molar-refractivity contribution >= 4 is 23.8 Å². The lowest BCUT2D eigenvalue weighted by atomic mass is 9.93. The van der Waals surface area contributed by atoms with E-state index in [1.165, 1.54) is 27.0 Å². The number of oxazole rings is 1. The molecular formula is C27H28NOP. The molecule has 152 valence electrons. The molecule has 30 heavy (non-hydrogen) atoms. The number of aromatic nitrogens is 1. The second kappa shape index (κ2) is 8.20. The van der Waals surface area contributed by atoms with Crippen LogP contribution in [0.15, 0.2) is 83.5 Å². The number of hydrogen-bond donors (Lipinski definition) is 0. The normalized spacial score (nSPS) is 11.8. The van der Waals surface area contributed by atoms with E-state index in [9.17, 15) is 0 Å². The Kier molecular flexibility index (Phi) is 5.62. The van der Waals surface area contributed by atoms with Crippen molar-refractivity contribution in [3.8, 4) is 11.5 Å². The lowest BCUT2D eigenvalue weighted by molar-refractivity contribution is 0.544. The Labute approximate surface area is 180 Å². The van der Waals surface area contributed by atoms with Crippen molar-refractivity contribution in [3.63, 3.8) is 0 Å². The van der Waals surface area contributed by atoms with Gasteiger partial charge in [0.05, 0.1) is 5.69 Å². The van der Waals surface area contributed by atoms with Gasteiger partial charge in [-0.15, -0.1) is 0 Å². The predicted octanol–water partition coefficient (Wildman–Crippen LogP) is 6.01. The minimum atomic E-state index is -0.751. The van der Waals surface area contributed by atoms with Crippen LogP contribution in [0.3, 0.4) is 0 Å². The van der Waals surface area contributed by atoms with E-state index < -0.39 is 7.92 Å². The lowest BCUT2D eigenvalue weighted by Crippen LogP contribution is -2.25. The van der Waals surface area contributed by atoms with E-state index in [2.05, 4.69) is 107 Å². The standard InChI is InChI=1S/C27H28NOP/c1-19-12-6-9-15-22(19)30(23-16-10-7-13-20(23)2)24-17-11-8-14-21(24)26-28-25(18-29-26)27(3,4)5/h6-18H,1-5H3. The zero-order valence-electron chi connectivity index (χ0n) is 18.3. The predicted molar refractivity (Wildman–Crippen MR) is 129 cm³/mol. The molecule has 0 unspecified atom stereocenters. The maximum absolute atomic E-state index is 6.00. The number of benzene rings is 3. The van der Waals surface area contributed by atoms with E-state index >= 15 is 0 Å². The first kappa shape index (κ1) is 20.6. The Hall–Kier alpha value is -2.70. The van der Waals surface area contributed by atoms with Crippen LogP contribution in [0.5, 0.6) is 0 Å². The number of rotatable bonds is 4. The van der Waals surface area contributed by atoms with Gasteiger partial charge >= 0.3 is 0 Å². The monoisotopic (exact) mass is 413 g/mol. The van der Waals surface area contributed by atoms with Crippen molar-refractivity contribution in [2.75, 3.05) is 0 Å². The van der Waals surface area contributed by atoms with Gasteiger partial charge in [-0.3, -0.25) is 0 Å². The van der Waals surface area contributed by atoms with Crippen LogP contribution >= 0.6 is 7.92 Å². The maximum Gasteiger partial charge on any atom is 0.226 e. The third-order valence-corrected chi connectivity index (χ3v) is 8.20. The van der Waals surface area contributed by atoms with E-state index in [4.69, 9.17) is 9.40 Å². The molecule has 3 heteroatoms. The molecule has 3 aromatic carbocycles. The zero-order valence-corrected chi connectivity index (χ0v) is 19.2. The Morgan fingerprint density at radius 3 is 1.70 bits per heavy atom. The van der Waals surface area contributed by atoms with Crippen LogP contribution in [-0.4, -0.2) is 4.98 Å². The van der Waals surface area contributed by atoms with Gasteiger partial charge in [-0.1, -0.05) is 87.5 Å². The first-order valence-electron chi connectivity index (χ1n) is 10.3. The minimum absolute atomic E-state index is 0.0481. The van der Waals surface area contributed by atoms with Gasteiger partial charge in [-0.2, -0.15) is 0 Å². The molecule has 0 radical (unpaired) electrons. The summed E-state index contributed by atoms with van der Waals surface area (Å²) in [6, 6.07) is 26.0. The Morgan fingerprint density at radius 2 is 1.20 bits per heavy atom. The summed E-state index contributed by atoms with van der Waals surface area (Å²) in [5, 5.41) is 4.02. The summed E-state index contributed by atoms with van der Waals surface area (Å²) in [5.74, 6) is 0.699. The topological polar surface area (TPSA) is 26.0 Å². The van der Waals surface area contributed by atoms with Crippen LogP contribution in [0.1, 0.15) is 37.6 Å². The molecule has 0 saturated heterocycles. The summed E-state index contributed by atoms with van der Waals surface area (Å²) in [5.41, 5.74) is 4.62. The van der Waals surface area contributed by atoms with Gasteiger partial charge in [0.25, 0.3) is 0 Å². The van der Waals surface area contributed by atoms with E-state index in [0.717, 1.165) is 11.3 Å². The van der Waals surface area contributed by atoms with Gasteiger partial charge in [0.15, 0.2) is 0 Å². The van der Waals surface area contributed by atoms with E-state index in [0.29, 0.717) is 5.89 Å². The van der Waals surface area contributed by atoms with Crippen LogP contribution in [0, 0.1) is 13.8 Å². The first-order valence-corrected chi connectivity index (χ1v) is 11.7. The summed E-state index contributed by atoms with van der Waals surface area (Å²) in [7, 11) is -0.751. The van der Waals surface area contributed by atoms with Crippen LogP contribution in [0.4, 0.5) is 0 Å².